The largest absolute Gasteiger partial charge is 0.396 e. The first-order valence-electron chi connectivity index (χ1n) is 6.92. The Morgan fingerprint density at radius 3 is 3.24 bits per heavy atom. The van der Waals surface area contributed by atoms with Crippen molar-refractivity contribution in [3.63, 3.8) is 0 Å². The number of hydrogen-bond donors (Lipinski definition) is 1. The van der Waals surface area contributed by atoms with Crippen LogP contribution in [0.5, 0.6) is 0 Å². The van der Waals surface area contributed by atoms with Crippen molar-refractivity contribution in [2.45, 2.75) is 26.7 Å². The van der Waals surface area contributed by atoms with Gasteiger partial charge in [-0.3, -0.25) is 4.79 Å². The highest BCUT2D eigenvalue weighted by molar-refractivity contribution is 8.53. The van der Waals surface area contributed by atoms with E-state index in [0.29, 0.717) is 12.5 Å². The lowest BCUT2D eigenvalue weighted by Crippen LogP contribution is -2.22. The second-order valence-corrected chi connectivity index (χ2v) is 6.50. The predicted molar refractivity (Wildman–Crippen MR) is 75.6 cm³/mol. The van der Waals surface area contributed by atoms with Crippen LogP contribution in [-0.2, 0) is 8.98 Å². The van der Waals surface area contributed by atoms with E-state index in [0.717, 1.165) is 32.0 Å². The van der Waals surface area contributed by atoms with Crippen molar-refractivity contribution in [3.05, 3.63) is 0 Å². The molecule has 1 N–H and O–H groups in total. The van der Waals surface area contributed by atoms with E-state index in [1.807, 2.05) is 6.92 Å². The summed E-state index contributed by atoms with van der Waals surface area (Å²) in [4.78, 5) is 11.5. The summed E-state index contributed by atoms with van der Waals surface area (Å²) < 4.78 is 19.8. The number of Topliss-reactive ketones (excluding diaryl/α,β-unsaturated/α-hetero) is 1. The number of carbonyl (C=O) groups is 1. The number of aliphatic hydroxyl groups excluding tert-OH is 1. The molecular formula is C11H21BO3PS. The van der Waals surface area contributed by atoms with Crippen LogP contribution in [0.25, 0.3) is 0 Å². The lowest BCUT2D eigenvalue weighted by atomic mass is 9.86. The third-order valence-electron chi connectivity index (χ3n) is 3.72. The molecule has 0 bridgehead atoms. The molecule has 1 fully saturated rings. The zero-order valence-corrected chi connectivity index (χ0v) is 12.0. The molecule has 2 unspecified atom stereocenters. The number of aliphatic hydroxyl groups is 1. The van der Waals surface area contributed by atoms with Gasteiger partial charge in [0.1, 0.15) is 13.3 Å². The van der Waals surface area contributed by atoms with Crippen LogP contribution >= 0.6 is 19.3 Å². The molecule has 3 nitrogen and oxygen atoms in total. The Kier molecular flexibility index (Phi) is 5.71. The summed E-state index contributed by atoms with van der Waals surface area (Å²) in [5.41, 5.74) is 0. The highest BCUT2D eigenvalue weighted by Gasteiger charge is 2.38. The van der Waals surface area contributed by atoms with Gasteiger partial charge in [0.05, 0.1) is 7.89 Å². The van der Waals surface area contributed by atoms with Crippen molar-refractivity contribution in [1.29, 1.82) is 2.61 Å². The highest BCUT2D eigenvalue weighted by atomic mass is 32.7. The van der Waals surface area contributed by atoms with E-state index < -0.39 is 7.61 Å². The van der Waals surface area contributed by atoms with Gasteiger partial charge in [-0.25, -0.2) is 0 Å². The lowest BCUT2D eigenvalue weighted by molar-refractivity contribution is -0.120. The molecule has 0 amide bonds. The van der Waals surface area contributed by atoms with E-state index in [-0.39, 0.29) is 30.1 Å². The molecule has 0 aromatic carbocycles. The molecule has 0 aliphatic heterocycles. The van der Waals surface area contributed by atoms with E-state index in [4.69, 9.17) is 6.80 Å². The Morgan fingerprint density at radius 1 is 1.88 bits per heavy atom. The van der Waals surface area contributed by atoms with Crippen molar-refractivity contribution in [1.82, 2.24) is 0 Å². The van der Waals surface area contributed by atoms with Gasteiger partial charge in [0.15, 0.2) is 0 Å². The topological polar surface area (TPSA) is 46.5 Å². The minimum atomic E-state index is -1.29. The van der Waals surface area contributed by atoms with Crippen molar-refractivity contribution >= 4 is 32.6 Å². The third kappa shape index (κ3) is 4.55. The van der Waals surface area contributed by atoms with Gasteiger partial charge in [0.2, 0.25) is 0 Å². The normalized spacial score (nSPS) is 33.7. The minimum absolute atomic E-state index is 0.0813. The van der Waals surface area contributed by atoms with Crippen LogP contribution in [-0.4, -0.2) is 34.2 Å². The quantitative estimate of drug-likeness (QED) is 0.418. The standard InChI is InChI=1S/C11H21BO3PS/c1-7(5-13)11-4-9(8(2)14)3-10(11)6-15-17-16-12/h7,9-13,16H,3-6H2,1-2H3/t7?,9-,10-,11-,16?/m0/s1/i12T,16D. The Labute approximate surface area is 113 Å². The fourth-order valence-corrected chi connectivity index (χ4v) is 3.32. The molecule has 0 spiro atoms. The first kappa shape index (κ1) is 12.5. The third-order valence-corrected chi connectivity index (χ3v) is 4.62. The van der Waals surface area contributed by atoms with Crippen LogP contribution in [0.1, 0.15) is 26.7 Å². The summed E-state index contributed by atoms with van der Waals surface area (Å²) in [6.07, 6.45) is 1.64. The van der Waals surface area contributed by atoms with E-state index in [1.54, 1.807) is 6.92 Å². The molecule has 1 rings (SSSR count). The smallest absolute Gasteiger partial charge is 0.137 e. The SMILES string of the molecule is [2H]P([B][3H])SOC[C@@H]1C[C@H](C(C)=O)C[C@H]1C(C)CO. The summed E-state index contributed by atoms with van der Waals surface area (Å²) in [6.45, 7) is 4.25. The molecule has 1 saturated carbocycles. The van der Waals surface area contributed by atoms with Gasteiger partial charge in [-0.2, -0.15) is 0 Å². The van der Waals surface area contributed by atoms with E-state index in [9.17, 15) is 9.90 Å². The van der Waals surface area contributed by atoms with Crippen molar-refractivity contribution in [2.24, 2.45) is 23.7 Å². The molecule has 6 heteroatoms. The van der Waals surface area contributed by atoms with Gasteiger partial charge in [-0.05, 0) is 38.9 Å². The van der Waals surface area contributed by atoms with Crippen LogP contribution in [0, 0.1) is 23.7 Å². The molecule has 0 saturated heterocycles. The van der Waals surface area contributed by atoms with Crippen LogP contribution in [0.2, 0.25) is 0 Å². The predicted octanol–water partition coefficient (Wildman–Crippen LogP) is 1.92. The summed E-state index contributed by atoms with van der Waals surface area (Å²) in [7, 11) is -0.201. The van der Waals surface area contributed by atoms with E-state index in [2.05, 4.69) is 0 Å². The Balaban J connectivity index is 2.49. The Morgan fingerprint density at radius 2 is 2.65 bits per heavy atom. The molecule has 0 aromatic heterocycles. The van der Waals surface area contributed by atoms with Gasteiger partial charge in [0, 0.05) is 24.2 Å². The first-order valence-corrected chi connectivity index (χ1v) is 8.21. The molecule has 5 atom stereocenters. The molecular weight excluding hydrogens is 254 g/mol. The van der Waals surface area contributed by atoms with Crippen LogP contribution in [0.4, 0.5) is 0 Å². The Bertz CT molecular complexity index is 301. The molecule has 1 radical (unpaired) electrons. The maximum atomic E-state index is 11.5. The zero-order valence-electron chi connectivity index (χ0n) is 12.3. The van der Waals surface area contributed by atoms with Gasteiger partial charge in [0.25, 0.3) is 0 Å². The van der Waals surface area contributed by atoms with Crippen LogP contribution in [0.3, 0.4) is 0 Å². The molecule has 1 aliphatic rings. The maximum absolute atomic E-state index is 11.5. The fraction of sp³-hybridized carbons (Fsp3) is 0.909. The van der Waals surface area contributed by atoms with Crippen LogP contribution in [0.15, 0.2) is 0 Å². The average Bonchev–Trinajstić information content (AvgIpc) is 2.82. The summed E-state index contributed by atoms with van der Waals surface area (Å²) >= 11 is 1.04. The van der Waals surface area contributed by atoms with Gasteiger partial charge in [-0.1, -0.05) is 14.5 Å². The summed E-state index contributed by atoms with van der Waals surface area (Å²) in [5, 5.41) is 9.30. The average molecular weight is 278 g/mol. The minimum Gasteiger partial charge on any atom is -0.396 e. The molecule has 17 heavy (non-hydrogen) atoms. The highest BCUT2D eigenvalue weighted by Crippen LogP contribution is 2.42. The number of ketones is 1. The van der Waals surface area contributed by atoms with Gasteiger partial charge in [-0.15, -0.1) is 0 Å². The summed E-state index contributed by atoms with van der Waals surface area (Å²) in [6, 6.07) is 0. The summed E-state index contributed by atoms with van der Waals surface area (Å²) in [5.74, 6) is 1.03. The van der Waals surface area contributed by atoms with Gasteiger partial charge >= 0.3 is 0 Å². The molecule has 97 valence electrons. The van der Waals surface area contributed by atoms with E-state index in [1.165, 1.54) is 0 Å². The zero-order chi connectivity index (χ0) is 14.4. The Hall–Kier alpha value is 0.435. The molecule has 0 aromatic rings. The van der Waals surface area contributed by atoms with Crippen molar-refractivity contribution < 1.29 is 14.1 Å². The number of rotatable bonds is 8. The monoisotopic (exact) mass is 278 g/mol. The fourth-order valence-electron chi connectivity index (χ4n) is 2.66. The molecule has 0 heterocycles. The van der Waals surface area contributed by atoms with Crippen LogP contribution < -0.4 is 0 Å². The number of hydrogen-bond acceptors (Lipinski definition) is 4. The molecule has 1 aliphatic carbocycles. The van der Waals surface area contributed by atoms with E-state index >= 15 is 0 Å². The second kappa shape index (κ2) is 7.78. The van der Waals surface area contributed by atoms with Crippen molar-refractivity contribution in [2.75, 3.05) is 13.2 Å². The maximum Gasteiger partial charge on any atom is 0.137 e. The first-order chi connectivity index (χ1) is 8.99. The second-order valence-electron chi connectivity index (χ2n) is 4.83. The lowest BCUT2D eigenvalue weighted by Gasteiger charge is -2.23. The van der Waals surface area contributed by atoms with Crippen molar-refractivity contribution in [3.8, 4) is 0 Å². The van der Waals surface area contributed by atoms with Gasteiger partial charge < -0.3 is 9.29 Å². The number of carbonyl (C=O) groups excluding carboxylic acids is 1.